The average molecular weight is 261 g/mol. The van der Waals surface area contributed by atoms with E-state index < -0.39 is 5.91 Å². The van der Waals surface area contributed by atoms with E-state index in [1.807, 2.05) is 6.07 Å². The van der Waals surface area contributed by atoms with Gasteiger partial charge in [0.1, 0.15) is 11.5 Å². The Hall–Kier alpha value is -2.27. The number of aromatic hydroxyl groups is 1. The lowest BCUT2D eigenvalue weighted by molar-refractivity contribution is 0.0942. The van der Waals surface area contributed by atoms with Crippen LogP contribution in [0.1, 0.15) is 10.4 Å². The van der Waals surface area contributed by atoms with Crippen molar-refractivity contribution in [3.05, 3.63) is 35.9 Å². The molecule has 100 valence electrons. The Morgan fingerprint density at radius 1 is 1.26 bits per heavy atom. The summed E-state index contributed by atoms with van der Waals surface area (Å²) < 4.78 is 5.12. The Bertz CT molecular complexity index is 610. The first-order valence-electron chi connectivity index (χ1n) is 5.85. The lowest BCUT2D eigenvalue weighted by Gasteiger charge is -2.08. The number of carbonyl (C=O) groups excluding carboxylic acids is 1. The number of phenols is 1. The van der Waals surface area contributed by atoms with Crippen LogP contribution in [0.5, 0.6) is 11.5 Å². The molecule has 0 atom stereocenters. The zero-order valence-electron chi connectivity index (χ0n) is 10.5. The van der Waals surface area contributed by atoms with Gasteiger partial charge in [-0.1, -0.05) is 6.07 Å². The number of carbonyl (C=O) groups is 1. The molecule has 0 fully saturated rings. The van der Waals surface area contributed by atoms with Crippen LogP contribution in [0, 0.1) is 0 Å². The molecular formula is C14H15NO4. The summed E-state index contributed by atoms with van der Waals surface area (Å²) in [6.07, 6.45) is 0. The topological polar surface area (TPSA) is 78.8 Å². The highest BCUT2D eigenvalue weighted by Gasteiger charge is 2.12. The van der Waals surface area contributed by atoms with E-state index in [-0.39, 0.29) is 24.5 Å². The lowest BCUT2D eigenvalue weighted by atomic mass is 10.0. The Morgan fingerprint density at radius 3 is 2.74 bits per heavy atom. The maximum absolute atomic E-state index is 11.8. The molecule has 2 rings (SSSR count). The predicted octanol–water partition coefficient (Wildman–Crippen LogP) is 1.28. The van der Waals surface area contributed by atoms with Gasteiger partial charge in [0.05, 0.1) is 19.3 Å². The third-order valence-electron chi connectivity index (χ3n) is 2.80. The number of ether oxygens (including phenoxy) is 1. The molecule has 0 unspecified atom stereocenters. The fourth-order valence-corrected chi connectivity index (χ4v) is 1.84. The van der Waals surface area contributed by atoms with Gasteiger partial charge in [-0.15, -0.1) is 0 Å². The minimum absolute atomic E-state index is 0.0897. The summed E-state index contributed by atoms with van der Waals surface area (Å²) in [5.74, 6) is 0.171. The highest BCUT2D eigenvalue weighted by Crippen LogP contribution is 2.27. The summed E-state index contributed by atoms with van der Waals surface area (Å²) in [6, 6.07) is 8.51. The second-order valence-electron chi connectivity index (χ2n) is 4.06. The van der Waals surface area contributed by atoms with Crippen LogP contribution >= 0.6 is 0 Å². The molecule has 0 spiro atoms. The maximum Gasteiger partial charge on any atom is 0.255 e. The first-order valence-corrected chi connectivity index (χ1v) is 5.85. The standard InChI is InChI=1S/C14H15NO4/c1-19-11-3-2-9-8-13(17)12(7-10(9)6-11)14(18)15-4-5-16/h2-3,6-8,16-17H,4-5H2,1H3,(H,15,18). The van der Waals surface area contributed by atoms with Gasteiger partial charge in [0, 0.05) is 6.54 Å². The predicted molar refractivity (Wildman–Crippen MR) is 71.6 cm³/mol. The summed E-state index contributed by atoms with van der Waals surface area (Å²) in [4.78, 5) is 11.8. The smallest absolute Gasteiger partial charge is 0.255 e. The molecule has 0 aliphatic carbocycles. The van der Waals surface area contributed by atoms with Crippen molar-refractivity contribution in [3.63, 3.8) is 0 Å². The Kier molecular flexibility index (Phi) is 3.87. The van der Waals surface area contributed by atoms with Crippen molar-refractivity contribution >= 4 is 16.7 Å². The number of methoxy groups -OCH3 is 1. The van der Waals surface area contributed by atoms with Gasteiger partial charge in [-0.2, -0.15) is 0 Å². The molecule has 2 aromatic carbocycles. The zero-order valence-corrected chi connectivity index (χ0v) is 10.5. The highest BCUT2D eigenvalue weighted by atomic mass is 16.5. The number of rotatable bonds is 4. The Morgan fingerprint density at radius 2 is 2.05 bits per heavy atom. The minimum Gasteiger partial charge on any atom is -0.507 e. The third kappa shape index (κ3) is 2.77. The molecule has 0 saturated carbocycles. The number of phenolic OH excluding ortho intramolecular Hbond substituents is 1. The number of fused-ring (bicyclic) bond motifs is 1. The molecule has 0 aliphatic rings. The monoisotopic (exact) mass is 261 g/mol. The molecule has 1 amide bonds. The summed E-state index contributed by atoms with van der Waals surface area (Å²) in [6.45, 7) is 0.00231. The Labute approximate surface area is 110 Å². The number of hydrogen-bond acceptors (Lipinski definition) is 4. The van der Waals surface area contributed by atoms with Crippen molar-refractivity contribution in [3.8, 4) is 11.5 Å². The van der Waals surface area contributed by atoms with Crippen LogP contribution in [-0.2, 0) is 0 Å². The van der Waals surface area contributed by atoms with Gasteiger partial charge in [-0.25, -0.2) is 0 Å². The summed E-state index contributed by atoms with van der Waals surface area (Å²) in [7, 11) is 1.57. The molecule has 0 heterocycles. The van der Waals surface area contributed by atoms with E-state index in [0.29, 0.717) is 5.75 Å². The fraction of sp³-hybridized carbons (Fsp3) is 0.214. The van der Waals surface area contributed by atoms with Crippen molar-refractivity contribution < 1.29 is 19.7 Å². The van der Waals surface area contributed by atoms with Crippen LogP contribution in [0.2, 0.25) is 0 Å². The summed E-state index contributed by atoms with van der Waals surface area (Å²) in [5, 5.41) is 22.6. The Balaban J connectivity index is 2.43. The molecule has 0 bridgehead atoms. The van der Waals surface area contributed by atoms with Gasteiger partial charge >= 0.3 is 0 Å². The van der Waals surface area contributed by atoms with Gasteiger partial charge in [0.25, 0.3) is 5.91 Å². The van der Waals surface area contributed by atoms with Crippen molar-refractivity contribution in [2.75, 3.05) is 20.3 Å². The van der Waals surface area contributed by atoms with Crippen LogP contribution in [0.15, 0.2) is 30.3 Å². The van der Waals surface area contributed by atoms with E-state index in [2.05, 4.69) is 5.32 Å². The second-order valence-corrected chi connectivity index (χ2v) is 4.06. The molecule has 5 heteroatoms. The average Bonchev–Trinajstić information content (AvgIpc) is 2.43. The third-order valence-corrected chi connectivity index (χ3v) is 2.80. The quantitative estimate of drug-likeness (QED) is 0.774. The largest absolute Gasteiger partial charge is 0.507 e. The van der Waals surface area contributed by atoms with Gasteiger partial charge in [-0.3, -0.25) is 4.79 Å². The zero-order chi connectivity index (χ0) is 13.8. The normalized spacial score (nSPS) is 10.4. The number of aliphatic hydroxyl groups is 1. The van der Waals surface area contributed by atoms with Crippen molar-refractivity contribution in [1.82, 2.24) is 5.32 Å². The molecule has 0 aliphatic heterocycles. The van der Waals surface area contributed by atoms with Gasteiger partial charge in [0.15, 0.2) is 0 Å². The van der Waals surface area contributed by atoms with Crippen LogP contribution in [0.4, 0.5) is 0 Å². The molecule has 0 aromatic heterocycles. The number of amides is 1. The van der Waals surface area contributed by atoms with E-state index >= 15 is 0 Å². The van der Waals surface area contributed by atoms with E-state index in [0.717, 1.165) is 10.8 Å². The van der Waals surface area contributed by atoms with Gasteiger partial charge in [-0.05, 0) is 35.0 Å². The van der Waals surface area contributed by atoms with Crippen LogP contribution < -0.4 is 10.1 Å². The van der Waals surface area contributed by atoms with E-state index in [4.69, 9.17) is 9.84 Å². The van der Waals surface area contributed by atoms with Crippen LogP contribution in [-0.4, -0.2) is 36.4 Å². The van der Waals surface area contributed by atoms with Gasteiger partial charge < -0.3 is 20.3 Å². The highest BCUT2D eigenvalue weighted by molar-refractivity contribution is 6.01. The van der Waals surface area contributed by atoms with Crippen molar-refractivity contribution in [2.24, 2.45) is 0 Å². The molecule has 3 N–H and O–H groups in total. The molecular weight excluding hydrogens is 246 g/mol. The number of hydrogen-bond donors (Lipinski definition) is 3. The van der Waals surface area contributed by atoms with E-state index in [1.54, 1.807) is 25.3 Å². The van der Waals surface area contributed by atoms with Crippen molar-refractivity contribution in [2.45, 2.75) is 0 Å². The van der Waals surface area contributed by atoms with Crippen molar-refractivity contribution in [1.29, 1.82) is 0 Å². The minimum atomic E-state index is -0.420. The molecule has 0 saturated heterocycles. The molecule has 19 heavy (non-hydrogen) atoms. The number of nitrogens with one attached hydrogen (secondary N) is 1. The number of aliphatic hydroxyl groups excluding tert-OH is 1. The SMILES string of the molecule is COc1ccc2cc(O)c(C(=O)NCCO)cc2c1. The number of benzene rings is 2. The van der Waals surface area contributed by atoms with E-state index in [1.165, 1.54) is 6.07 Å². The molecule has 2 aromatic rings. The van der Waals surface area contributed by atoms with Crippen LogP contribution in [0.3, 0.4) is 0 Å². The maximum atomic E-state index is 11.8. The molecule has 5 nitrogen and oxygen atoms in total. The molecule has 0 radical (unpaired) electrons. The second kappa shape index (κ2) is 5.58. The fourth-order valence-electron chi connectivity index (χ4n) is 1.84. The first kappa shape index (κ1) is 13.2. The van der Waals surface area contributed by atoms with Crippen LogP contribution in [0.25, 0.3) is 10.8 Å². The van der Waals surface area contributed by atoms with Gasteiger partial charge in [0.2, 0.25) is 0 Å². The summed E-state index contributed by atoms with van der Waals surface area (Å²) >= 11 is 0. The van der Waals surface area contributed by atoms with E-state index in [9.17, 15) is 9.90 Å². The summed E-state index contributed by atoms with van der Waals surface area (Å²) in [5.41, 5.74) is 0.175. The lowest BCUT2D eigenvalue weighted by Crippen LogP contribution is -2.26. The first-order chi connectivity index (χ1) is 9.15.